The summed E-state index contributed by atoms with van der Waals surface area (Å²) in [5.41, 5.74) is 4.04. The van der Waals surface area contributed by atoms with E-state index in [1.807, 2.05) is 0 Å². The van der Waals surface area contributed by atoms with Gasteiger partial charge in [-0.25, -0.2) is 0 Å². The fraction of sp³-hybridized carbons (Fsp3) is 1.00. The fourth-order valence-electron chi connectivity index (χ4n) is 3.73. The van der Waals surface area contributed by atoms with E-state index >= 15 is 0 Å². The van der Waals surface area contributed by atoms with Gasteiger partial charge in [0.05, 0.1) is 0 Å². The predicted molar refractivity (Wildman–Crippen MR) is 80.2 cm³/mol. The van der Waals surface area contributed by atoms with E-state index in [0.717, 1.165) is 5.92 Å². The summed E-state index contributed by atoms with van der Waals surface area (Å²) in [7, 11) is 0. The minimum Gasteiger partial charge on any atom is -0.271 e. The van der Waals surface area contributed by atoms with Crippen LogP contribution in [0.2, 0.25) is 0 Å². The van der Waals surface area contributed by atoms with Crippen molar-refractivity contribution in [2.75, 3.05) is 0 Å². The molecule has 1 aliphatic carbocycles. The zero-order valence-electron chi connectivity index (χ0n) is 13.2. The van der Waals surface area contributed by atoms with Gasteiger partial charge in [0.25, 0.3) is 0 Å². The first-order chi connectivity index (χ1) is 8.29. The van der Waals surface area contributed by atoms with Gasteiger partial charge >= 0.3 is 0 Å². The van der Waals surface area contributed by atoms with Crippen LogP contribution >= 0.6 is 0 Å². The minimum atomic E-state index is 0.409. The highest BCUT2D eigenvalue weighted by molar-refractivity contribution is 4.95. The molecule has 0 aromatic rings. The number of nitrogens with one attached hydrogen (secondary N) is 1. The minimum absolute atomic E-state index is 0.409. The third-order valence-corrected chi connectivity index (χ3v) is 4.54. The Morgan fingerprint density at radius 1 is 1.17 bits per heavy atom. The molecular formula is C16H34N2. The van der Waals surface area contributed by atoms with Crippen molar-refractivity contribution in [1.29, 1.82) is 0 Å². The van der Waals surface area contributed by atoms with E-state index in [0.29, 0.717) is 16.9 Å². The Bertz CT molecular complexity index is 234. The second-order valence-electron chi connectivity index (χ2n) is 7.99. The fourth-order valence-corrected chi connectivity index (χ4v) is 3.73. The molecule has 0 aromatic heterocycles. The van der Waals surface area contributed by atoms with Crippen molar-refractivity contribution in [2.45, 2.75) is 85.6 Å². The highest BCUT2D eigenvalue weighted by Gasteiger charge is 2.41. The van der Waals surface area contributed by atoms with Crippen LogP contribution in [-0.4, -0.2) is 6.04 Å². The molecule has 1 atom stereocenters. The second kappa shape index (κ2) is 6.38. The van der Waals surface area contributed by atoms with Crippen molar-refractivity contribution >= 4 is 0 Å². The lowest BCUT2D eigenvalue weighted by Crippen LogP contribution is -2.48. The summed E-state index contributed by atoms with van der Waals surface area (Å²) in [5, 5.41) is 0. The van der Waals surface area contributed by atoms with Gasteiger partial charge in [0.2, 0.25) is 0 Å². The molecular weight excluding hydrogens is 220 g/mol. The predicted octanol–water partition coefficient (Wildman–Crippen LogP) is 4.25. The molecule has 0 aliphatic heterocycles. The van der Waals surface area contributed by atoms with E-state index in [2.05, 4.69) is 40.0 Å². The number of hydrogen-bond acceptors (Lipinski definition) is 2. The maximum Gasteiger partial charge on any atom is 0.0267 e. The Morgan fingerprint density at radius 2 is 1.72 bits per heavy atom. The molecule has 0 saturated heterocycles. The SMILES string of the molecule is CC(C)CC1(C(CCC(C)(C)C)NN)CCCC1. The topological polar surface area (TPSA) is 38.0 Å². The van der Waals surface area contributed by atoms with Crippen LogP contribution in [-0.2, 0) is 0 Å². The molecule has 3 N–H and O–H groups in total. The summed E-state index contributed by atoms with van der Waals surface area (Å²) in [6.45, 7) is 11.7. The Balaban J connectivity index is 2.69. The summed E-state index contributed by atoms with van der Waals surface area (Å²) >= 11 is 0. The smallest absolute Gasteiger partial charge is 0.0267 e. The van der Waals surface area contributed by atoms with Gasteiger partial charge in [-0.3, -0.25) is 11.3 Å². The molecule has 0 radical (unpaired) electrons. The summed E-state index contributed by atoms with van der Waals surface area (Å²) in [6.07, 6.45) is 9.30. The van der Waals surface area contributed by atoms with Crippen molar-refractivity contribution in [2.24, 2.45) is 22.6 Å². The molecule has 0 spiro atoms. The molecule has 0 aromatic carbocycles. The molecule has 1 rings (SSSR count). The third kappa shape index (κ3) is 4.55. The molecule has 18 heavy (non-hydrogen) atoms. The largest absolute Gasteiger partial charge is 0.271 e. The molecule has 2 heteroatoms. The van der Waals surface area contributed by atoms with Crippen LogP contribution < -0.4 is 11.3 Å². The zero-order valence-corrected chi connectivity index (χ0v) is 13.2. The molecule has 0 amide bonds. The summed E-state index contributed by atoms with van der Waals surface area (Å²) in [5.74, 6) is 6.66. The van der Waals surface area contributed by atoms with E-state index in [-0.39, 0.29) is 0 Å². The average molecular weight is 254 g/mol. The van der Waals surface area contributed by atoms with Gasteiger partial charge < -0.3 is 0 Å². The first kappa shape index (κ1) is 16.0. The van der Waals surface area contributed by atoms with Crippen LogP contribution in [0.3, 0.4) is 0 Å². The Hall–Kier alpha value is -0.0800. The van der Waals surface area contributed by atoms with E-state index in [1.165, 1.54) is 44.9 Å². The van der Waals surface area contributed by atoms with Crippen molar-refractivity contribution in [3.05, 3.63) is 0 Å². The highest BCUT2D eigenvalue weighted by atomic mass is 15.2. The number of hydrogen-bond donors (Lipinski definition) is 2. The molecule has 108 valence electrons. The molecule has 0 heterocycles. The van der Waals surface area contributed by atoms with Crippen LogP contribution in [0.1, 0.15) is 79.6 Å². The lowest BCUT2D eigenvalue weighted by molar-refractivity contribution is 0.136. The Labute approximate surface area is 114 Å². The maximum absolute atomic E-state index is 5.89. The van der Waals surface area contributed by atoms with Gasteiger partial charge in [-0.15, -0.1) is 0 Å². The highest BCUT2D eigenvalue weighted by Crippen LogP contribution is 2.47. The number of rotatable bonds is 6. The van der Waals surface area contributed by atoms with E-state index < -0.39 is 0 Å². The quantitative estimate of drug-likeness (QED) is 0.549. The summed E-state index contributed by atoms with van der Waals surface area (Å²) in [4.78, 5) is 0. The molecule has 0 bridgehead atoms. The van der Waals surface area contributed by atoms with Gasteiger partial charge in [0, 0.05) is 6.04 Å². The van der Waals surface area contributed by atoms with Gasteiger partial charge in [0.15, 0.2) is 0 Å². The number of nitrogens with two attached hydrogens (primary N) is 1. The third-order valence-electron chi connectivity index (χ3n) is 4.54. The first-order valence-electron chi connectivity index (χ1n) is 7.75. The van der Waals surface area contributed by atoms with Crippen molar-refractivity contribution in [3.63, 3.8) is 0 Å². The summed E-state index contributed by atoms with van der Waals surface area (Å²) < 4.78 is 0. The van der Waals surface area contributed by atoms with Crippen LogP contribution in [0.5, 0.6) is 0 Å². The van der Waals surface area contributed by atoms with Crippen LogP contribution in [0.15, 0.2) is 0 Å². The Kier molecular flexibility index (Phi) is 5.67. The molecule has 1 fully saturated rings. The van der Waals surface area contributed by atoms with Crippen LogP contribution in [0.4, 0.5) is 0 Å². The normalized spacial score (nSPS) is 21.5. The van der Waals surface area contributed by atoms with Crippen LogP contribution in [0.25, 0.3) is 0 Å². The van der Waals surface area contributed by atoms with Crippen LogP contribution in [0, 0.1) is 16.7 Å². The monoisotopic (exact) mass is 254 g/mol. The molecule has 2 nitrogen and oxygen atoms in total. The Morgan fingerprint density at radius 3 is 2.11 bits per heavy atom. The van der Waals surface area contributed by atoms with Crippen molar-refractivity contribution in [1.82, 2.24) is 5.43 Å². The van der Waals surface area contributed by atoms with E-state index in [1.54, 1.807) is 0 Å². The van der Waals surface area contributed by atoms with Gasteiger partial charge in [0.1, 0.15) is 0 Å². The van der Waals surface area contributed by atoms with Gasteiger partial charge in [-0.2, -0.15) is 0 Å². The molecule has 1 saturated carbocycles. The second-order valence-corrected chi connectivity index (χ2v) is 7.99. The lowest BCUT2D eigenvalue weighted by atomic mass is 9.70. The first-order valence-corrected chi connectivity index (χ1v) is 7.75. The van der Waals surface area contributed by atoms with E-state index in [4.69, 9.17) is 5.84 Å². The van der Waals surface area contributed by atoms with Crippen molar-refractivity contribution in [3.8, 4) is 0 Å². The molecule has 1 aliphatic rings. The maximum atomic E-state index is 5.89. The van der Waals surface area contributed by atoms with E-state index in [9.17, 15) is 0 Å². The summed E-state index contributed by atoms with van der Waals surface area (Å²) in [6, 6.07) is 0.502. The van der Waals surface area contributed by atoms with Gasteiger partial charge in [-0.05, 0) is 48.9 Å². The lowest BCUT2D eigenvalue weighted by Gasteiger charge is -2.40. The standard InChI is InChI=1S/C16H34N2/c1-13(2)12-16(9-6-7-10-16)14(18-17)8-11-15(3,4)5/h13-14,18H,6-12,17H2,1-5H3. The van der Waals surface area contributed by atoms with Crippen molar-refractivity contribution < 1.29 is 0 Å². The average Bonchev–Trinajstić information content (AvgIpc) is 2.65. The van der Waals surface area contributed by atoms with Gasteiger partial charge in [-0.1, -0.05) is 47.5 Å². The number of hydrazine groups is 1. The molecule has 1 unspecified atom stereocenters. The zero-order chi connectivity index (χ0) is 13.8.